The van der Waals surface area contributed by atoms with Gasteiger partial charge in [0.2, 0.25) is 0 Å². The second kappa shape index (κ2) is 4.88. The third kappa shape index (κ3) is 2.44. The molecule has 2 nitrogen and oxygen atoms in total. The Labute approximate surface area is 125 Å². The number of hydrogen-bond acceptors (Lipinski definition) is 2. The zero-order valence-corrected chi connectivity index (χ0v) is 12.3. The molecule has 2 aromatic carbocycles. The van der Waals surface area contributed by atoms with Crippen molar-refractivity contribution in [2.45, 2.75) is 44.3 Å². The molecule has 1 unspecified atom stereocenters. The average Bonchev–Trinajstić information content (AvgIpc) is 3.33. The molecular weight excluding hydrogens is 260 g/mol. The van der Waals surface area contributed by atoms with E-state index in [0.29, 0.717) is 6.42 Å². The van der Waals surface area contributed by atoms with Crippen LogP contribution in [0, 0.1) is 6.92 Å². The predicted octanol–water partition coefficient (Wildman–Crippen LogP) is 4.43. The molecule has 4 rings (SSSR count). The lowest BCUT2D eigenvalue weighted by molar-refractivity contribution is 0.0657. The van der Waals surface area contributed by atoms with Gasteiger partial charge in [0.25, 0.3) is 0 Å². The Morgan fingerprint density at radius 2 is 1.71 bits per heavy atom. The quantitative estimate of drug-likeness (QED) is 0.881. The number of aryl methyl sites for hydroxylation is 1. The fourth-order valence-electron chi connectivity index (χ4n) is 3.17. The van der Waals surface area contributed by atoms with Crippen LogP contribution in [-0.4, -0.2) is 5.11 Å². The summed E-state index contributed by atoms with van der Waals surface area (Å²) in [5, 5.41) is 10.4. The Bertz CT molecular complexity index is 656. The lowest BCUT2D eigenvalue weighted by atomic mass is 9.93. The summed E-state index contributed by atoms with van der Waals surface area (Å²) in [4.78, 5) is 0. The van der Waals surface area contributed by atoms with Crippen molar-refractivity contribution >= 4 is 0 Å². The molecule has 1 saturated carbocycles. The van der Waals surface area contributed by atoms with Gasteiger partial charge in [0, 0.05) is 12.0 Å². The van der Waals surface area contributed by atoms with E-state index in [2.05, 4.69) is 24.3 Å². The normalized spacial score (nSPS) is 24.3. The molecule has 1 N–H and O–H groups in total. The summed E-state index contributed by atoms with van der Waals surface area (Å²) in [6, 6.07) is 14.8. The smallest absolute Gasteiger partial charge is 0.127 e. The molecule has 2 heteroatoms. The lowest BCUT2D eigenvalue weighted by Crippen LogP contribution is -2.19. The summed E-state index contributed by atoms with van der Waals surface area (Å²) in [7, 11) is 0. The number of fused-ring (bicyclic) bond motifs is 1. The fraction of sp³-hybridized carbons (Fsp3) is 0.368. The molecule has 21 heavy (non-hydrogen) atoms. The predicted molar refractivity (Wildman–Crippen MR) is 82.5 cm³/mol. The van der Waals surface area contributed by atoms with Gasteiger partial charge in [0.1, 0.15) is 11.9 Å². The summed E-state index contributed by atoms with van der Waals surface area (Å²) in [6.45, 7) is 2.04. The molecule has 2 aromatic rings. The highest BCUT2D eigenvalue weighted by Gasteiger charge is 2.29. The minimum Gasteiger partial charge on any atom is -0.485 e. The minimum absolute atomic E-state index is 0.0524. The molecule has 108 valence electrons. The van der Waals surface area contributed by atoms with E-state index in [1.807, 2.05) is 25.1 Å². The standard InChI is InChI=1S/C19H20O2/c1-12-2-9-18-16(10-12)17(20)11-19(21-18)15-7-5-14(6-8-15)13-3-4-13/h2,5-10,13,17,19-20H,3-4,11H2,1H3/t17-,19?/m1/s1. The first kappa shape index (κ1) is 12.9. The molecule has 2 atom stereocenters. The zero-order valence-electron chi connectivity index (χ0n) is 12.3. The molecule has 0 aromatic heterocycles. The number of benzene rings is 2. The Hall–Kier alpha value is -1.80. The Morgan fingerprint density at radius 3 is 2.43 bits per heavy atom. The first-order valence-corrected chi connectivity index (χ1v) is 7.76. The molecule has 0 radical (unpaired) electrons. The summed E-state index contributed by atoms with van der Waals surface area (Å²) >= 11 is 0. The molecule has 0 bridgehead atoms. The molecule has 1 aliphatic heterocycles. The van der Waals surface area contributed by atoms with Gasteiger partial charge in [-0.15, -0.1) is 0 Å². The minimum atomic E-state index is -0.443. The van der Waals surface area contributed by atoms with E-state index >= 15 is 0 Å². The Kier molecular flexibility index (Phi) is 3.00. The number of ether oxygens (including phenoxy) is 1. The van der Waals surface area contributed by atoms with Crippen LogP contribution >= 0.6 is 0 Å². The van der Waals surface area contributed by atoms with Crippen LogP contribution in [0.15, 0.2) is 42.5 Å². The van der Waals surface area contributed by atoms with Crippen LogP contribution in [0.2, 0.25) is 0 Å². The summed E-state index contributed by atoms with van der Waals surface area (Å²) in [5.74, 6) is 1.59. The van der Waals surface area contributed by atoms with Gasteiger partial charge in [-0.25, -0.2) is 0 Å². The van der Waals surface area contributed by atoms with E-state index in [1.54, 1.807) is 0 Å². The van der Waals surface area contributed by atoms with Crippen LogP contribution in [0.3, 0.4) is 0 Å². The molecule has 0 spiro atoms. The van der Waals surface area contributed by atoms with Crippen molar-refractivity contribution in [1.29, 1.82) is 0 Å². The van der Waals surface area contributed by atoms with Gasteiger partial charge in [-0.05, 0) is 48.9 Å². The van der Waals surface area contributed by atoms with Gasteiger partial charge in [0.05, 0.1) is 6.10 Å². The monoisotopic (exact) mass is 280 g/mol. The highest BCUT2D eigenvalue weighted by molar-refractivity contribution is 5.41. The van der Waals surface area contributed by atoms with Crippen LogP contribution < -0.4 is 4.74 Å². The second-order valence-electron chi connectivity index (χ2n) is 6.34. The highest BCUT2D eigenvalue weighted by Crippen LogP contribution is 2.43. The molecule has 1 aliphatic carbocycles. The maximum atomic E-state index is 10.4. The van der Waals surface area contributed by atoms with Crippen molar-refractivity contribution in [2.75, 3.05) is 0 Å². The SMILES string of the molecule is Cc1ccc2c(c1)[C@H](O)CC(c1ccc(C3CC3)cc1)O2. The summed E-state index contributed by atoms with van der Waals surface area (Å²) in [6.07, 6.45) is 2.78. The number of aliphatic hydroxyl groups is 1. The third-order valence-corrected chi connectivity index (χ3v) is 4.59. The van der Waals surface area contributed by atoms with Gasteiger partial charge in [0.15, 0.2) is 0 Å². The van der Waals surface area contributed by atoms with Crippen molar-refractivity contribution in [3.63, 3.8) is 0 Å². The largest absolute Gasteiger partial charge is 0.485 e. The molecule has 0 saturated heterocycles. The van der Waals surface area contributed by atoms with E-state index in [0.717, 1.165) is 28.4 Å². The van der Waals surface area contributed by atoms with Crippen LogP contribution in [0.25, 0.3) is 0 Å². The van der Waals surface area contributed by atoms with Crippen molar-refractivity contribution in [2.24, 2.45) is 0 Å². The van der Waals surface area contributed by atoms with Gasteiger partial charge in [-0.2, -0.15) is 0 Å². The maximum absolute atomic E-state index is 10.4. The lowest BCUT2D eigenvalue weighted by Gasteiger charge is -2.30. The van der Waals surface area contributed by atoms with Crippen LogP contribution in [0.5, 0.6) is 5.75 Å². The van der Waals surface area contributed by atoms with Crippen LogP contribution in [-0.2, 0) is 0 Å². The molecule has 1 fully saturated rings. The van der Waals surface area contributed by atoms with Gasteiger partial charge >= 0.3 is 0 Å². The maximum Gasteiger partial charge on any atom is 0.127 e. The van der Waals surface area contributed by atoms with Crippen molar-refractivity contribution in [3.05, 3.63) is 64.7 Å². The second-order valence-corrected chi connectivity index (χ2v) is 6.34. The summed E-state index contributed by atoms with van der Waals surface area (Å²) in [5.41, 5.74) is 4.67. The topological polar surface area (TPSA) is 29.5 Å². The zero-order chi connectivity index (χ0) is 14.4. The number of rotatable bonds is 2. The molecule has 2 aliphatic rings. The number of hydrogen-bond donors (Lipinski definition) is 1. The van der Waals surface area contributed by atoms with Crippen molar-refractivity contribution < 1.29 is 9.84 Å². The average molecular weight is 280 g/mol. The Balaban J connectivity index is 1.60. The Morgan fingerprint density at radius 1 is 1.00 bits per heavy atom. The molecule has 0 amide bonds. The highest BCUT2D eigenvalue weighted by atomic mass is 16.5. The van der Waals surface area contributed by atoms with Crippen molar-refractivity contribution in [1.82, 2.24) is 0 Å². The molecular formula is C19H20O2. The van der Waals surface area contributed by atoms with E-state index in [1.165, 1.54) is 18.4 Å². The third-order valence-electron chi connectivity index (χ3n) is 4.59. The van der Waals surface area contributed by atoms with Gasteiger partial charge < -0.3 is 9.84 Å². The van der Waals surface area contributed by atoms with Gasteiger partial charge in [-0.3, -0.25) is 0 Å². The van der Waals surface area contributed by atoms with Crippen molar-refractivity contribution in [3.8, 4) is 5.75 Å². The van der Waals surface area contributed by atoms with E-state index in [9.17, 15) is 5.11 Å². The van der Waals surface area contributed by atoms with E-state index in [4.69, 9.17) is 4.74 Å². The van der Waals surface area contributed by atoms with Gasteiger partial charge in [-0.1, -0.05) is 35.9 Å². The van der Waals surface area contributed by atoms with Crippen LogP contribution in [0.4, 0.5) is 0 Å². The molecule has 1 heterocycles. The fourth-order valence-corrected chi connectivity index (χ4v) is 3.17. The van der Waals surface area contributed by atoms with E-state index in [-0.39, 0.29) is 6.10 Å². The summed E-state index contributed by atoms with van der Waals surface area (Å²) < 4.78 is 6.10. The number of aliphatic hydroxyl groups excluding tert-OH is 1. The van der Waals surface area contributed by atoms with Crippen LogP contribution in [0.1, 0.15) is 59.6 Å². The first-order valence-electron chi connectivity index (χ1n) is 7.76. The van der Waals surface area contributed by atoms with E-state index < -0.39 is 6.10 Å². The first-order chi connectivity index (χ1) is 10.2.